The summed E-state index contributed by atoms with van der Waals surface area (Å²) in [5.41, 5.74) is 1.80. The van der Waals surface area contributed by atoms with E-state index in [0.29, 0.717) is 17.3 Å². The first kappa shape index (κ1) is 20.1. The van der Waals surface area contributed by atoms with E-state index >= 15 is 0 Å². The minimum atomic E-state index is -1.11. The summed E-state index contributed by atoms with van der Waals surface area (Å²) in [6, 6.07) is 21.6. The number of aliphatic carboxylic acids is 1. The Morgan fingerprint density at radius 2 is 1.80 bits per heavy atom. The molecule has 1 fully saturated rings. The molecule has 7 heteroatoms. The molecule has 1 heterocycles. The van der Waals surface area contributed by atoms with Gasteiger partial charge in [-0.25, -0.2) is 0 Å². The van der Waals surface area contributed by atoms with E-state index in [2.05, 4.69) is 18.2 Å². The van der Waals surface area contributed by atoms with Crippen LogP contribution in [-0.4, -0.2) is 32.7 Å². The number of nitrogens with zero attached hydrogens (tertiary/aromatic N) is 1. The molecule has 30 heavy (non-hydrogen) atoms. The highest BCUT2D eigenvalue weighted by atomic mass is 32.2. The number of hydrogen-bond acceptors (Lipinski definition) is 5. The van der Waals surface area contributed by atoms with Gasteiger partial charge >= 0.3 is 5.97 Å². The monoisotopic (exact) mass is 435 g/mol. The Labute approximate surface area is 183 Å². The maximum Gasteiger partial charge on any atom is 0.323 e. The van der Waals surface area contributed by atoms with Gasteiger partial charge in [0, 0.05) is 5.56 Å². The molecule has 0 aromatic heterocycles. The van der Waals surface area contributed by atoms with Gasteiger partial charge in [-0.05, 0) is 28.5 Å². The third-order valence-electron chi connectivity index (χ3n) is 4.64. The molecule has 3 aromatic rings. The van der Waals surface area contributed by atoms with E-state index in [9.17, 15) is 9.59 Å². The van der Waals surface area contributed by atoms with Gasteiger partial charge in [0.2, 0.25) is 0 Å². The lowest BCUT2D eigenvalue weighted by atomic mass is 10.1. The minimum absolute atomic E-state index is 0.239. The number of thioether (sulfide) groups is 1. The van der Waals surface area contributed by atoms with Gasteiger partial charge in [-0.2, -0.15) is 0 Å². The number of fused-ring (bicyclic) bond motifs is 1. The third kappa shape index (κ3) is 4.22. The molecule has 0 aliphatic carbocycles. The van der Waals surface area contributed by atoms with Crippen molar-refractivity contribution in [3.8, 4) is 5.75 Å². The molecule has 1 aliphatic rings. The normalized spacial score (nSPS) is 15.2. The van der Waals surface area contributed by atoms with Gasteiger partial charge < -0.3 is 9.84 Å². The van der Waals surface area contributed by atoms with Crippen molar-refractivity contribution < 1.29 is 19.4 Å². The molecule has 1 aliphatic heterocycles. The van der Waals surface area contributed by atoms with Crippen molar-refractivity contribution in [1.29, 1.82) is 0 Å². The molecule has 0 atom stereocenters. The predicted molar refractivity (Wildman–Crippen MR) is 122 cm³/mol. The first-order chi connectivity index (χ1) is 14.5. The quantitative estimate of drug-likeness (QED) is 0.447. The summed E-state index contributed by atoms with van der Waals surface area (Å²) in [5, 5.41) is 11.3. The summed E-state index contributed by atoms with van der Waals surface area (Å²) in [4.78, 5) is 25.0. The van der Waals surface area contributed by atoms with Crippen LogP contribution in [0.5, 0.6) is 5.75 Å². The molecule has 1 N–H and O–H groups in total. The fourth-order valence-corrected chi connectivity index (χ4v) is 4.46. The molecule has 3 aromatic carbocycles. The highest BCUT2D eigenvalue weighted by Gasteiger charge is 2.33. The van der Waals surface area contributed by atoms with Gasteiger partial charge in [0.25, 0.3) is 5.91 Å². The second-order valence-corrected chi connectivity index (χ2v) is 8.30. The number of thiocarbonyl (C=S) groups is 1. The average Bonchev–Trinajstić information content (AvgIpc) is 3.00. The van der Waals surface area contributed by atoms with E-state index in [1.807, 2.05) is 48.5 Å². The van der Waals surface area contributed by atoms with Crippen LogP contribution in [0.1, 0.15) is 11.1 Å². The van der Waals surface area contributed by atoms with Gasteiger partial charge in [0.15, 0.2) is 0 Å². The van der Waals surface area contributed by atoms with Crippen molar-refractivity contribution in [1.82, 2.24) is 4.90 Å². The maximum absolute atomic E-state index is 12.5. The van der Waals surface area contributed by atoms with E-state index in [0.717, 1.165) is 38.6 Å². The van der Waals surface area contributed by atoms with Gasteiger partial charge in [-0.3, -0.25) is 14.5 Å². The topological polar surface area (TPSA) is 66.8 Å². The van der Waals surface area contributed by atoms with E-state index in [1.54, 1.807) is 6.08 Å². The van der Waals surface area contributed by atoms with E-state index in [-0.39, 0.29) is 4.32 Å². The summed E-state index contributed by atoms with van der Waals surface area (Å²) in [6.45, 7) is -0.0621. The highest BCUT2D eigenvalue weighted by Crippen LogP contribution is 2.34. The molecule has 0 unspecified atom stereocenters. The van der Waals surface area contributed by atoms with Crippen molar-refractivity contribution in [2.75, 3.05) is 6.54 Å². The van der Waals surface area contributed by atoms with Crippen LogP contribution in [-0.2, 0) is 16.2 Å². The molecule has 0 radical (unpaired) electrons. The van der Waals surface area contributed by atoms with Crippen LogP contribution in [0.2, 0.25) is 0 Å². The SMILES string of the molecule is O=C(O)CN1C(=O)/C(=C\c2ccccc2OCc2cccc3ccccc23)SC1=S. The second-order valence-electron chi connectivity index (χ2n) is 6.63. The lowest BCUT2D eigenvalue weighted by Crippen LogP contribution is -2.33. The molecular weight excluding hydrogens is 418 g/mol. The van der Waals surface area contributed by atoms with Crippen LogP contribution >= 0.6 is 24.0 Å². The standard InChI is InChI=1S/C23H17NO4S2/c25-21(26)13-24-22(27)20(30-23(24)29)12-16-7-2-4-11-19(16)28-14-17-9-5-8-15-6-1-3-10-18(15)17/h1-12H,13-14H2,(H,25,26)/b20-12+. The number of para-hydroxylation sites is 1. The fraction of sp³-hybridized carbons (Fsp3) is 0.0870. The molecule has 0 saturated carbocycles. The Bertz CT molecular complexity index is 1180. The maximum atomic E-state index is 12.5. The van der Waals surface area contributed by atoms with Crippen LogP contribution in [0.25, 0.3) is 16.8 Å². The number of carboxylic acid groups (broad SMARTS) is 1. The molecular formula is C23H17NO4S2. The Morgan fingerprint density at radius 1 is 1.07 bits per heavy atom. The predicted octanol–water partition coefficient (Wildman–Crippen LogP) is 4.70. The smallest absolute Gasteiger partial charge is 0.323 e. The number of ether oxygens (including phenoxy) is 1. The van der Waals surface area contributed by atoms with Crippen LogP contribution in [0.3, 0.4) is 0 Å². The number of carboxylic acids is 1. The number of benzene rings is 3. The van der Waals surface area contributed by atoms with Crippen molar-refractivity contribution in [3.05, 3.63) is 82.8 Å². The summed E-state index contributed by atoms with van der Waals surface area (Å²) in [5.74, 6) is -0.878. The summed E-state index contributed by atoms with van der Waals surface area (Å²) in [6.07, 6.45) is 1.69. The lowest BCUT2D eigenvalue weighted by Gasteiger charge is -2.12. The van der Waals surface area contributed by atoms with Gasteiger partial charge in [0.1, 0.15) is 23.2 Å². The summed E-state index contributed by atoms with van der Waals surface area (Å²) < 4.78 is 6.33. The van der Waals surface area contributed by atoms with E-state index in [4.69, 9.17) is 22.1 Å². The zero-order chi connectivity index (χ0) is 21.1. The summed E-state index contributed by atoms with van der Waals surface area (Å²) in [7, 11) is 0. The van der Waals surface area contributed by atoms with Gasteiger partial charge in [0.05, 0.1) is 4.91 Å². The Morgan fingerprint density at radius 3 is 2.63 bits per heavy atom. The van der Waals surface area contributed by atoms with E-state index < -0.39 is 18.4 Å². The average molecular weight is 436 g/mol. The van der Waals surface area contributed by atoms with Crippen LogP contribution in [0, 0.1) is 0 Å². The second kappa shape index (κ2) is 8.69. The first-order valence-electron chi connectivity index (χ1n) is 9.18. The first-order valence-corrected chi connectivity index (χ1v) is 10.4. The fourth-order valence-electron chi connectivity index (χ4n) is 3.22. The number of hydrogen-bond donors (Lipinski definition) is 1. The zero-order valence-corrected chi connectivity index (χ0v) is 17.4. The Hall–Kier alpha value is -3.16. The number of carbonyl (C=O) groups excluding carboxylic acids is 1. The van der Waals surface area contributed by atoms with Crippen molar-refractivity contribution in [2.45, 2.75) is 6.61 Å². The molecule has 4 rings (SSSR count). The van der Waals surface area contributed by atoms with Crippen LogP contribution in [0.15, 0.2) is 71.6 Å². The van der Waals surface area contributed by atoms with Crippen molar-refractivity contribution >= 4 is 57.0 Å². The molecule has 0 bridgehead atoms. The number of rotatable bonds is 6. The largest absolute Gasteiger partial charge is 0.488 e. The van der Waals surface area contributed by atoms with Crippen molar-refractivity contribution in [3.63, 3.8) is 0 Å². The third-order valence-corrected chi connectivity index (χ3v) is 6.01. The molecule has 1 saturated heterocycles. The summed E-state index contributed by atoms with van der Waals surface area (Å²) >= 11 is 6.25. The van der Waals surface area contributed by atoms with Crippen LogP contribution < -0.4 is 4.74 Å². The highest BCUT2D eigenvalue weighted by molar-refractivity contribution is 8.26. The number of carbonyl (C=O) groups is 2. The zero-order valence-electron chi connectivity index (χ0n) is 15.8. The van der Waals surface area contributed by atoms with Crippen molar-refractivity contribution in [2.24, 2.45) is 0 Å². The minimum Gasteiger partial charge on any atom is -0.488 e. The van der Waals surface area contributed by atoms with Gasteiger partial charge in [-0.1, -0.05) is 84.6 Å². The molecule has 150 valence electrons. The molecule has 1 amide bonds. The number of amides is 1. The Balaban J connectivity index is 1.57. The Kier molecular flexibility index (Phi) is 5.83. The molecule has 0 spiro atoms. The molecule has 5 nitrogen and oxygen atoms in total. The van der Waals surface area contributed by atoms with Gasteiger partial charge in [-0.15, -0.1) is 0 Å². The van der Waals surface area contributed by atoms with E-state index in [1.165, 1.54) is 0 Å². The van der Waals surface area contributed by atoms with Crippen LogP contribution in [0.4, 0.5) is 0 Å². The lowest BCUT2D eigenvalue weighted by molar-refractivity contribution is -0.140.